The molecule has 4 heteroatoms. The minimum atomic E-state index is -0.347. The summed E-state index contributed by atoms with van der Waals surface area (Å²) in [5, 5.41) is 3.09. The van der Waals surface area contributed by atoms with E-state index in [0.29, 0.717) is 18.5 Å². The maximum absolute atomic E-state index is 12.9. The van der Waals surface area contributed by atoms with Gasteiger partial charge >= 0.3 is 0 Å². The van der Waals surface area contributed by atoms with E-state index in [1.165, 1.54) is 12.1 Å². The normalized spacial score (nSPS) is 15.1. The van der Waals surface area contributed by atoms with Crippen molar-refractivity contribution < 1.29 is 9.18 Å². The number of rotatable bonds is 0. The maximum Gasteiger partial charge on any atom is 0.166 e. The Labute approximate surface area is 88.7 Å². The molecule has 68 valence electrons. The average Bonchev–Trinajstić information content (AvgIpc) is 2.07. The van der Waals surface area contributed by atoms with Gasteiger partial charge in [0.2, 0.25) is 0 Å². The first-order chi connectivity index (χ1) is 6.18. The largest absolute Gasteiger partial charge is 0.383 e. The van der Waals surface area contributed by atoms with E-state index in [9.17, 15) is 9.18 Å². The summed E-state index contributed by atoms with van der Waals surface area (Å²) >= 11 is 2.02. The molecule has 0 amide bonds. The molecule has 1 heterocycles. The molecule has 1 aliphatic heterocycles. The molecule has 0 unspecified atom stereocenters. The second kappa shape index (κ2) is 3.25. The fourth-order valence-electron chi connectivity index (χ4n) is 1.41. The van der Waals surface area contributed by atoms with Crippen molar-refractivity contribution in [1.29, 1.82) is 0 Å². The van der Waals surface area contributed by atoms with Crippen molar-refractivity contribution in [3.8, 4) is 0 Å². The van der Waals surface area contributed by atoms with Crippen molar-refractivity contribution in [3.05, 3.63) is 27.1 Å². The number of Topliss-reactive ketones (excluding diaryl/α,β-unsaturated/α-hetero) is 1. The van der Waals surface area contributed by atoms with E-state index in [1.807, 2.05) is 22.6 Å². The number of carbonyl (C=O) groups excluding carboxylic acids is 1. The Bertz CT molecular complexity index is 378. The van der Waals surface area contributed by atoms with Gasteiger partial charge < -0.3 is 5.32 Å². The van der Waals surface area contributed by atoms with Gasteiger partial charge in [0.1, 0.15) is 5.82 Å². The summed E-state index contributed by atoms with van der Waals surface area (Å²) in [7, 11) is 0. The molecule has 0 aromatic heterocycles. The zero-order valence-electron chi connectivity index (χ0n) is 6.73. The summed E-state index contributed by atoms with van der Waals surface area (Å²) in [4.78, 5) is 11.4. The van der Waals surface area contributed by atoms with Gasteiger partial charge in [0.25, 0.3) is 0 Å². The van der Waals surface area contributed by atoms with Crippen molar-refractivity contribution >= 4 is 34.1 Å². The molecule has 0 radical (unpaired) electrons. The molecule has 13 heavy (non-hydrogen) atoms. The zero-order chi connectivity index (χ0) is 9.42. The Morgan fingerprint density at radius 1 is 1.46 bits per heavy atom. The number of benzene rings is 1. The number of hydrogen-bond donors (Lipinski definition) is 1. The highest BCUT2D eigenvalue weighted by atomic mass is 127. The van der Waals surface area contributed by atoms with Crippen LogP contribution in [0.15, 0.2) is 12.1 Å². The van der Waals surface area contributed by atoms with E-state index in [0.717, 1.165) is 9.26 Å². The molecular weight excluding hydrogens is 284 g/mol. The van der Waals surface area contributed by atoms with Gasteiger partial charge in [-0.05, 0) is 34.7 Å². The third-order valence-corrected chi connectivity index (χ3v) is 2.86. The van der Waals surface area contributed by atoms with Crippen LogP contribution in [0.1, 0.15) is 16.8 Å². The summed E-state index contributed by atoms with van der Waals surface area (Å²) in [6, 6.07) is 2.72. The first kappa shape index (κ1) is 8.93. The predicted molar refractivity (Wildman–Crippen MR) is 56.6 cm³/mol. The Hall–Kier alpha value is -0.650. The van der Waals surface area contributed by atoms with Gasteiger partial charge in [0.15, 0.2) is 5.78 Å². The van der Waals surface area contributed by atoms with Gasteiger partial charge in [-0.25, -0.2) is 4.39 Å². The van der Waals surface area contributed by atoms with Crippen LogP contribution >= 0.6 is 22.6 Å². The highest BCUT2D eigenvalue weighted by Crippen LogP contribution is 2.28. The molecule has 0 fully saturated rings. The Morgan fingerprint density at radius 2 is 2.23 bits per heavy atom. The second-order valence-corrected chi connectivity index (χ2v) is 4.07. The van der Waals surface area contributed by atoms with Crippen LogP contribution in [0.3, 0.4) is 0 Å². The first-order valence-corrected chi connectivity index (χ1v) is 5.02. The number of hydrogen-bond acceptors (Lipinski definition) is 2. The van der Waals surface area contributed by atoms with Gasteiger partial charge in [-0.1, -0.05) is 0 Å². The van der Waals surface area contributed by atoms with Crippen LogP contribution in [0.4, 0.5) is 10.1 Å². The van der Waals surface area contributed by atoms with E-state index in [1.54, 1.807) is 0 Å². The molecule has 1 N–H and O–H groups in total. The predicted octanol–water partition coefficient (Wildman–Crippen LogP) is 2.43. The molecule has 0 saturated heterocycles. The Kier molecular flexibility index (Phi) is 2.23. The topological polar surface area (TPSA) is 29.1 Å². The summed E-state index contributed by atoms with van der Waals surface area (Å²) in [6.45, 7) is 0.646. The number of anilines is 1. The fraction of sp³-hybridized carbons (Fsp3) is 0.222. The number of nitrogens with one attached hydrogen (secondary N) is 1. The van der Waals surface area contributed by atoms with Crippen LogP contribution in [-0.4, -0.2) is 12.3 Å². The SMILES string of the molecule is O=C1CCNc2c(I)cc(F)cc21. The Balaban J connectivity index is 2.63. The van der Waals surface area contributed by atoms with Crippen molar-refractivity contribution in [2.75, 3.05) is 11.9 Å². The summed E-state index contributed by atoms with van der Waals surface area (Å²) in [6.07, 6.45) is 0.451. The second-order valence-electron chi connectivity index (χ2n) is 2.91. The molecule has 0 atom stereocenters. The van der Waals surface area contributed by atoms with E-state index >= 15 is 0 Å². The van der Waals surface area contributed by atoms with E-state index < -0.39 is 0 Å². The van der Waals surface area contributed by atoms with Crippen molar-refractivity contribution in [2.24, 2.45) is 0 Å². The highest BCUT2D eigenvalue weighted by molar-refractivity contribution is 14.1. The van der Waals surface area contributed by atoms with Crippen LogP contribution in [0, 0.1) is 9.39 Å². The summed E-state index contributed by atoms with van der Waals surface area (Å²) in [5.74, 6) is -0.327. The van der Waals surface area contributed by atoms with E-state index in [4.69, 9.17) is 0 Å². The van der Waals surface area contributed by atoms with Crippen molar-refractivity contribution in [2.45, 2.75) is 6.42 Å². The summed E-state index contributed by atoms with van der Waals surface area (Å²) in [5.41, 5.74) is 1.26. The van der Waals surface area contributed by atoms with Crippen LogP contribution in [-0.2, 0) is 0 Å². The molecular formula is C9H7FINO. The monoisotopic (exact) mass is 291 g/mol. The lowest BCUT2D eigenvalue weighted by Gasteiger charge is -2.18. The standard InChI is InChI=1S/C9H7FINO/c10-5-3-6-8(13)1-2-12-9(6)7(11)4-5/h3-4,12H,1-2H2. The van der Waals surface area contributed by atoms with E-state index in [-0.39, 0.29) is 11.6 Å². The zero-order valence-corrected chi connectivity index (χ0v) is 8.89. The third kappa shape index (κ3) is 1.54. The van der Waals surface area contributed by atoms with Crippen LogP contribution in [0.5, 0.6) is 0 Å². The molecule has 1 aromatic carbocycles. The number of fused-ring (bicyclic) bond motifs is 1. The average molecular weight is 291 g/mol. The smallest absolute Gasteiger partial charge is 0.166 e. The van der Waals surface area contributed by atoms with Gasteiger partial charge in [-0.3, -0.25) is 4.79 Å². The lowest BCUT2D eigenvalue weighted by molar-refractivity contribution is 0.0983. The first-order valence-electron chi connectivity index (χ1n) is 3.94. The molecule has 0 spiro atoms. The molecule has 1 aliphatic rings. The molecule has 0 aliphatic carbocycles. The minimum absolute atomic E-state index is 0.0196. The van der Waals surface area contributed by atoms with Crippen molar-refractivity contribution in [3.63, 3.8) is 0 Å². The molecule has 0 saturated carbocycles. The van der Waals surface area contributed by atoms with E-state index in [2.05, 4.69) is 5.32 Å². The van der Waals surface area contributed by atoms with Gasteiger partial charge in [0.05, 0.1) is 5.69 Å². The Morgan fingerprint density at radius 3 is 3.00 bits per heavy atom. The van der Waals surface area contributed by atoms with Crippen LogP contribution in [0.2, 0.25) is 0 Å². The van der Waals surface area contributed by atoms with Crippen LogP contribution in [0.25, 0.3) is 0 Å². The fourth-order valence-corrected chi connectivity index (χ4v) is 2.19. The number of carbonyl (C=O) groups is 1. The summed E-state index contributed by atoms with van der Waals surface area (Å²) < 4.78 is 13.7. The third-order valence-electron chi connectivity index (χ3n) is 2.01. The van der Waals surface area contributed by atoms with Crippen LogP contribution < -0.4 is 5.32 Å². The minimum Gasteiger partial charge on any atom is -0.383 e. The highest BCUT2D eigenvalue weighted by Gasteiger charge is 2.19. The quantitative estimate of drug-likeness (QED) is 0.744. The number of ketones is 1. The lowest BCUT2D eigenvalue weighted by atomic mass is 10.0. The van der Waals surface area contributed by atoms with Gasteiger partial charge in [-0.2, -0.15) is 0 Å². The maximum atomic E-state index is 12.9. The molecule has 0 bridgehead atoms. The molecule has 1 aromatic rings. The lowest BCUT2D eigenvalue weighted by Crippen LogP contribution is -2.19. The van der Waals surface area contributed by atoms with Gasteiger partial charge in [-0.15, -0.1) is 0 Å². The number of halogens is 2. The molecule has 2 nitrogen and oxygen atoms in total. The molecule has 2 rings (SSSR count). The van der Waals surface area contributed by atoms with Crippen molar-refractivity contribution in [1.82, 2.24) is 0 Å². The van der Waals surface area contributed by atoms with Gasteiger partial charge in [0, 0.05) is 22.1 Å².